The van der Waals surface area contributed by atoms with Crippen LogP contribution in [0.25, 0.3) is 10.8 Å². The van der Waals surface area contributed by atoms with Gasteiger partial charge in [0.25, 0.3) is 0 Å². The number of rotatable bonds is 0. The molecule has 0 bridgehead atoms. The van der Waals surface area contributed by atoms with E-state index in [1.54, 1.807) is 18.2 Å². The second kappa shape index (κ2) is 4.80. The minimum atomic E-state index is -4.49. The lowest BCUT2D eigenvalue weighted by molar-refractivity contribution is -0.137. The van der Waals surface area contributed by atoms with E-state index in [1.165, 1.54) is 6.07 Å². The zero-order valence-electron chi connectivity index (χ0n) is 11.5. The second-order valence-electron chi connectivity index (χ2n) is 5.25. The molecule has 3 aromatic carbocycles. The molecule has 0 aliphatic carbocycles. The third kappa shape index (κ3) is 2.37. The number of para-hydroxylation sites is 2. The van der Waals surface area contributed by atoms with Crippen LogP contribution in [-0.4, -0.2) is 0 Å². The van der Waals surface area contributed by atoms with Gasteiger partial charge in [-0.05, 0) is 47.2 Å². The molecule has 2 nitrogen and oxygen atoms in total. The van der Waals surface area contributed by atoms with Crippen molar-refractivity contribution in [2.75, 3.05) is 5.32 Å². The van der Waals surface area contributed by atoms with Crippen molar-refractivity contribution in [2.45, 2.75) is 6.18 Å². The first-order valence-corrected chi connectivity index (χ1v) is 7.18. The van der Waals surface area contributed by atoms with Gasteiger partial charge in [-0.3, -0.25) is 0 Å². The molecule has 0 radical (unpaired) electrons. The Kier molecular flexibility index (Phi) is 2.96. The van der Waals surface area contributed by atoms with Gasteiger partial charge in [0.2, 0.25) is 0 Å². The van der Waals surface area contributed by atoms with Crippen molar-refractivity contribution >= 4 is 33.7 Å². The predicted octanol–water partition coefficient (Wildman–Crippen LogP) is 6.36. The normalized spacial score (nSPS) is 13.0. The molecule has 0 fully saturated rings. The van der Waals surface area contributed by atoms with Crippen molar-refractivity contribution in [1.82, 2.24) is 0 Å². The topological polar surface area (TPSA) is 21.3 Å². The molecule has 116 valence electrons. The molecule has 1 N–H and O–H groups in total. The number of halogens is 4. The largest absolute Gasteiger partial charge is 0.453 e. The van der Waals surface area contributed by atoms with Crippen molar-refractivity contribution < 1.29 is 17.9 Å². The average Bonchev–Trinajstić information content (AvgIpc) is 2.49. The minimum Gasteiger partial charge on any atom is -0.453 e. The van der Waals surface area contributed by atoms with Crippen molar-refractivity contribution in [3.8, 4) is 11.5 Å². The van der Waals surface area contributed by atoms with Crippen LogP contribution in [0.2, 0.25) is 5.02 Å². The first-order valence-electron chi connectivity index (χ1n) is 6.80. The van der Waals surface area contributed by atoms with Crippen LogP contribution in [0.1, 0.15) is 5.56 Å². The van der Waals surface area contributed by atoms with Crippen LogP contribution in [0.4, 0.5) is 24.5 Å². The lowest BCUT2D eigenvalue weighted by Gasteiger charge is -2.22. The molecule has 0 unspecified atom stereocenters. The van der Waals surface area contributed by atoms with E-state index in [-0.39, 0.29) is 5.02 Å². The van der Waals surface area contributed by atoms with E-state index in [0.717, 1.165) is 11.8 Å². The molecule has 0 saturated heterocycles. The number of ether oxygens (including phenoxy) is 1. The SMILES string of the molecule is FC(F)(F)c1cc2cc3c(cc2cc1Cl)Nc1ccccc1O3. The first-order chi connectivity index (χ1) is 10.9. The predicted molar refractivity (Wildman–Crippen MR) is 83.8 cm³/mol. The van der Waals surface area contributed by atoms with Crippen LogP contribution in [0.3, 0.4) is 0 Å². The fraction of sp³-hybridized carbons (Fsp3) is 0.0588. The van der Waals surface area contributed by atoms with Crippen LogP contribution in [-0.2, 0) is 6.18 Å². The maximum Gasteiger partial charge on any atom is 0.417 e. The summed E-state index contributed by atoms with van der Waals surface area (Å²) in [4.78, 5) is 0. The minimum absolute atomic E-state index is 0.318. The van der Waals surface area contributed by atoms with Gasteiger partial charge in [0.05, 0.1) is 22.0 Å². The summed E-state index contributed by atoms with van der Waals surface area (Å²) in [6.45, 7) is 0. The highest BCUT2D eigenvalue weighted by Crippen LogP contribution is 2.45. The van der Waals surface area contributed by atoms with Gasteiger partial charge in [-0.1, -0.05) is 23.7 Å². The van der Waals surface area contributed by atoms with Crippen molar-refractivity contribution in [3.05, 3.63) is 59.1 Å². The van der Waals surface area contributed by atoms with Crippen LogP contribution in [0, 0.1) is 0 Å². The Labute approximate surface area is 134 Å². The highest BCUT2D eigenvalue weighted by molar-refractivity contribution is 6.32. The molecule has 1 aliphatic rings. The molecule has 0 aromatic heterocycles. The molecule has 0 spiro atoms. The molecule has 6 heteroatoms. The number of hydrogen-bond donors (Lipinski definition) is 1. The summed E-state index contributed by atoms with van der Waals surface area (Å²) >= 11 is 5.78. The summed E-state index contributed by atoms with van der Waals surface area (Å²) in [5, 5.41) is 3.92. The van der Waals surface area contributed by atoms with Crippen LogP contribution >= 0.6 is 11.6 Å². The standard InChI is InChI=1S/C17H9ClF3NO/c18-12-6-10-7-14-16(8-9(10)5-11(12)17(19,20)21)23-15-4-2-1-3-13(15)22-14/h1-8,22H. The van der Waals surface area contributed by atoms with Gasteiger partial charge in [0.15, 0.2) is 11.5 Å². The molecule has 0 atom stereocenters. The zero-order chi connectivity index (χ0) is 16.2. The highest BCUT2D eigenvalue weighted by atomic mass is 35.5. The van der Waals surface area contributed by atoms with Crippen LogP contribution in [0.15, 0.2) is 48.5 Å². The van der Waals surface area contributed by atoms with Crippen molar-refractivity contribution in [3.63, 3.8) is 0 Å². The summed E-state index contributed by atoms with van der Waals surface area (Å²) in [6.07, 6.45) is -4.49. The maximum absolute atomic E-state index is 13.0. The lowest BCUT2D eigenvalue weighted by atomic mass is 10.0. The molecule has 1 heterocycles. The monoisotopic (exact) mass is 335 g/mol. The fourth-order valence-corrected chi connectivity index (χ4v) is 2.90. The molecular weight excluding hydrogens is 327 g/mol. The summed E-state index contributed by atoms with van der Waals surface area (Å²) in [5.74, 6) is 1.11. The Balaban J connectivity index is 1.88. The van der Waals surface area contributed by atoms with E-state index < -0.39 is 11.7 Å². The van der Waals surface area contributed by atoms with Crippen molar-refractivity contribution in [2.24, 2.45) is 0 Å². The van der Waals surface area contributed by atoms with E-state index in [1.807, 2.05) is 18.2 Å². The van der Waals surface area contributed by atoms with Gasteiger partial charge < -0.3 is 10.1 Å². The first kappa shape index (κ1) is 14.2. The number of hydrogen-bond acceptors (Lipinski definition) is 2. The number of nitrogens with one attached hydrogen (secondary N) is 1. The number of anilines is 2. The third-order valence-corrected chi connectivity index (χ3v) is 4.02. The molecule has 3 aromatic rings. The zero-order valence-corrected chi connectivity index (χ0v) is 12.3. The van der Waals surface area contributed by atoms with E-state index in [0.29, 0.717) is 28.0 Å². The van der Waals surface area contributed by atoms with Gasteiger partial charge in [0.1, 0.15) is 0 Å². The van der Waals surface area contributed by atoms with Crippen LogP contribution in [0.5, 0.6) is 11.5 Å². The Morgan fingerprint density at radius 2 is 1.61 bits per heavy atom. The van der Waals surface area contributed by atoms with Gasteiger partial charge in [-0.25, -0.2) is 0 Å². The van der Waals surface area contributed by atoms with Gasteiger partial charge in [0, 0.05) is 0 Å². The van der Waals surface area contributed by atoms with E-state index >= 15 is 0 Å². The number of alkyl halides is 3. The van der Waals surface area contributed by atoms with E-state index in [4.69, 9.17) is 16.3 Å². The summed E-state index contributed by atoms with van der Waals surface area (Å²) < 4.78 is 44.7. The maximum atomic E-state index is 13.0. The smallest absolute Gasteiger partial charge is 0.417 e. The third-order valence-electron chi connectivity index (χ3n) is 3.71. The van der Waals surface area contributed by atoms with Gasteiger partial charge in [-0.2, -0.15) is 13.2 Å². The Hall–Kier alpha value is -2.40. The Morgan fingerprint density at radius 1 is 0.870 bits per heavy atom. The molecule has 4 rings (SSSR count). The molecule has 23 heavy (non-hydrogen) atoms. The Morgan fingerprint density at radius 3 is 2.39 bits per heavy atom. The van der Waals surface area contributed by atoms with Gasteiger partial charge >= 0.3 is 6.18 Å². The second-order valence-corrected chi connectivity index (χ2v) is 5.66. The van der Waals surface area contributed by atoms with E-state index in [2.05, 4.69) is 5.32 Å². The summed E-state index contributed by atoms with van der Waals surface area (Å²) in [5.41, 5.74) is 0.639. The molecular formula is C17H9ClF3NO. The fourth-order valence-electron chi connectivity index (χ4n) is 2.62. The number of fused-ring (bicyclic) bond motifs is 3. The molecule has 1 aliphatic heterocycles. The van der Waals surface area contributed by atoms with E-state index in [9.17, 15) is 13.2 Å². The van der Waals surface area contributed by atoms with Gasteiger partial charge in [-0.15, -0.1) is 0 Å². The lowest BCUT2D eigenvalue weighted by Crippen LogP contribution is -2.06. The highest BCUT2D eigenvalue weighted by Gasteiger charge is 2.33. The number of benzene rings is 3. The molecule has 0 amide bonds. The summed E-state index contributed by atoms with van der Waals surface area (Å²) in [6, 6.07) is 13.0. The summed E-state index contributed by atoms with van der Waals surface area (Å²) in [7, 11) is 0. The quantitative estimate of drug-likeness (QED) is 0.403. The Bertz CT molecular complexity index is 937. The van der Waals surface area contributed by atoms with Crippen LogP contribution < -0.4 is 10.1 Å². The van der Waals surface area contributed by atoms with Crippen molar-refractivity contribution in [1.29, 1.82) is 0 Å². The average molecular weight is 336 g/mol. The molecule has 0 saturated carbocycles.